The van der Waals surface area contributed by atoms with Crippen LogP contribution in [0.2, 0.25) is 0 Å². The fourth-order valence-electron chi connectivity index (χ4n) is 3.44. The molecule has 1 aromatic heterocycles. The molecule has 1 aromatic carbocycles. The van der Waals surface area contributed by atoms with Gasteiger partial charge in [-0.15, -0.1) is 0 Å². The molecule has 0 spiro atoms. The third-order valence-electron chi connectivity index (χ3n) is 4.87. The second-order valence-corrected chi connectivity index (χ2v) is 6.61. The quantitative estimate of drug-likeness (QED) is 0.876. The van der Waals surface area contributed by atoms with Crippen molar-refractivity contribution in [2.24, 2.45) is 0 Å². The first-order valence-corrected chi connectivity index (χ1v) is 8.98. The summed E-state index contributed by atoms with van der Waals surface area (Å²) in [6.07, 6.45) is 6.50. The molecule has 4 rings (SSSR count). The molecule has 1 atom stereocenters. The normalized spacial score (nSPS) is 19.5. The Bertz CT molecular complexity index is 821. The van der Waals surface area contributed by atoms with Crippen molar-refractivity contribution in [3.8, 4) is 0 Å². The van der Waals surface area contributed by atoms with Crippen LogP contribution in [-0.2, 0) is 11.2 Å². The Morgan fingerprint density at radius 2 is 2.00 bits per heavy atom. The molecule has 1 unspecified atom stereocenters. The van der Waals surface area contributed by atoms with Gasteiger partial charge in [0.25, 0.3) is 5.91 Å². The van der Waals surface area contributed by atoms with E-state index in [1.807, 2.05) is 12.1 Å². The molecule has 2 aliphatic rings. The fraction of sp³-hybridized carbons (Fsp3) is 0.368. The van der Waals surface area contributed by atoms with Crippen LogP contribution in [0.25, 0.3) is 0 Å². The van der Waals surface area contributed by atoms with Gasteiger partial charge in [0.15, 0.2) is 0 Å². The molecule has 0 radical (unpaired) electrons. The van der Waals surface area contributed by atoms with Crippen LogP contribution in [0.1, 0.15) is 35.2 Å². The summed E-state index contributed by atoms with van der Waals surface area (Å²) in [5.74, 6) is 0.140. The van der Waals surface area contributed by atoms with E-state index < -0.39 is 6.04 Å². The number of hydrogen-bond acceptors (Lipinski definition) is 5. The lowest BCUT2D eigenvalue weighted by atomic mass is 10.1. The summed E-state index contributed by atoms with van der Waals surface area (Å²) in [4.78, 5) is 35.2. The average molecular weight is 351 g/mol. The molecule has 2 amide bonds. The zero-order valence-electron chi connectivity index (χ0n) is 14.4. The third-order valence-corrected chi connectivity index (χ3v) is 4.87. The molecule has 2 aromatic rings. The van der Waals surface area contributed by atoms with Crippen molar-refractivity contribution in [1.82, 2.24) is 20.6 Å². The Labute approximate surface area is 151 Å². The number of benzene rings is 1. The second kappa shape index (κ2) is 7.11. The Morgan fingerprint density at radius 3 is 2.85 bits per heavy atom. The van der Waals surface area contributed by atoms with E-state index in [2.05, 4.69) is 37.6 Å². The molecule has 7 nitrogen and oxygen atoms in total. The number of aromatic nitrogens is 2. The van der Waals surface area contributed by atoms with Crippen molar-refractivity contribution in [3.63, 3.8) is 0 Å². The zero-order valence-corrected chi connectivity index (χ0v) is 14.4. The number of rotatable bonds is 3. The number of amides is 2. The van der Waals surface area contributed by atoms with E-state index in [9.17, 15) is 9.59 Å². The minimum atomic E-state index is -0.491. The molecule has 0 bridgehead atoms. The van der Waals surface area contributed by atoms with E-state index in [4.69, 9.17) is 0 Å². The van der Waals surface area contributed by atoms with Gasteiger partial charge in [-0.25, -0.2) is 9.97 Å². The van der Waals surface area contributed by atoms with Gasteiger partial charge in [0.2, 0.25) is 11.9 Å². The number of anilines is 2. The van der Waals surface area contributed by atoms with E-state index in [0.29, 0.717) is 24.5 Å². The van der Waals surface area contributed by atoms with Gasteiger partial charge in [-0.2, -0.15) is 0 Å². The van der Waals surface area contributed by atoms with Gasteiger partial charge in [-0.3, -0.25) is 9.59 Å². The Kier molecular flexibility index (Phi) is 4.51. The van der Waals surface area contributed by atoms with E-state index in [1.165, 1.54) is 18.0 Å². The second-order valence-electron chi connectivity index (χ2n) is 6.61. The fourth-order valence-corrected chi connectivity index (χ4v) is 3.44. The van der Waals surface area contributed by atoms with Crippen LogP contribution in [0.3, 0.4) is 0 Å². The lowest BCUT2D eigenvalue weighted by molar-refractivity contribution is -0.122. The highest BCUT2D eigenvalue weighted by molar-refractivity contribution is 5.97. The number of carbonyl (C=O) groups is 2. The monoisotopic (exact) mass is 351 g/mol. The van der Waals surface area contributed by atoms with Gasteiger partial charge in [-0.1, -0.05) is 18.2 Å². The zero-order chi connectivity index (χ0) is 17.9. The molecule has 0 saturated carbocycles. The summed E-state index contributed by atoms with van der Waals surface area (Å²) in [5, 5.41) is 5.60. The van der Waals surface area contributed by atoms with Crippen LogP contribution >= 0.6 is 0 Å². The smallest absolute Gasteiger partial charge is 0.255 e. The lowest BCUT2D eigenvalue weighted by Crippen LogP contribution is -2.45. The van der Waals surface area contributed by atoms with Gasteiger partial charge < -0.3 is 15.5 Å². The first kappa shape index (κ1) is 16.5. The van der Waals surface area contributed by atoms with Crippen LogP contribution < -0.4 is 15.5 Å². The van der Waals surface area contributed by atoms with Crippen molar-refractivity contribution in [1.29, 1.82) is 0 Å². The number of nitrogens with zero attached hydrogens (tertiary/aromatic N) is 3. The Hall–Kier alpha value is -2.96. The lowest BCUT2D eigenvalue weighted by Gasteiger charge is -2.17. The summed E-state index contributed by atoms with van der Waals surface area (Å²) < 4.78 is 0. The summed E-state index contributed by atoms with van der Waals surface area (Å²) in [5.41, 5.74) is 2.75. The highest BCUT2D eigenvalue weighted by atomic mass is 16.2. The maximum absolute atomic E-state index is 12.4. The minimum Gasteiger partial charge on any atom is -0.354 e. The third kappa shape index (κ3) is 3.24. The molecule has 134 valence electrons. The summed E-state index contributed by atoms with van der Waals surface area (Å²) in [7, 11) is 0. The van der Waals surface area contributed by atoms with Crippen molar-refractivity contribution in [2.45, 2.75) is 31.7 Å². The molecule has 0 aliphatic carbocycles. The number of fused-ring (bicyclic) bond motifs is 1. The maximum atomic E-state index is 12.4. The molecule has 2 N–H and O–H groups in total. The maximum Gasteiger partial charge on any atom is 0.255 e. The van der Waals surface area contributed by atoms with E-state index in [-0.39, 0.29) is 11.8 Å². The molecule has 1 saturated heterocycles. The van der Waals surface area contributed by atoms with E-state index in [0.717, 1.165) is 31.5 Å². The Balaban J connectivity index is 1.46. The van der Waals surface area contributed by atoms with Crippen LogP contribution in [0.15, 0.2) is 36.7 Å². The first-order valence-electron chi connectivity index (χ1n) is 8.98. The number of hydrogen-bond donors (Lipinski definition) is 2. The largest absolute Gasteiger partial charge is 0.354 e. The predicted octanol–water partition coefficient (Wildman–Crippen LogP) is 1.57. The van der Waals surface area contributed by atoms with Crippen molar-refractivity contribution < 1.29 is 9.59 Å². The van der Waals surface area contributed by atoms with Crippen LogP contribution in [0.5, 0.6) is 0 Å². The minimum absolute atomic E-state index is 0.123. The standard InChI is InChI=1S/C19H21N5O2/c25-17(23-15-6-3-4-9-20-18(15)26)14-11-21-19(22-12-14)24-10-8-13-5-1-2-7-16(13)24/h1-2,5,7,11-12,15H,3-4,6,8-10H2,(H,20,26)(H,23,25). The van der Waals surface area contributed by atoms with Crippen LogP contribution in [0.4, 0.5) is 11.6 Å². The molecule has 7 heteroatoms. The Morgan fingerprint density at radius 1 is 1.19 bits per heavy atom. The van der Waals surface area contributed by atoms with Gasteiger partial charge in [0.1, 0.15) is 6.04 Å². The van der Waals surface area contributed by atoms with Crippen molar-refractivity contribution in [2.75, 3.05) is 18.0 Å². The van der Waals surface area contributed by atoms with Crippen LogP contribution in [-0.4, -0.2) is 40.9 Å². The predicted molar refractivity (Wildman–Crippen MR) is 97.3 cm³/mol. The molecule has 3 heterocycles. The number of para-hydroxylation sites is 1. The van der Waals surface area contributed by atoms with E-state index >= 15 is 0 Å². The van der Waals surface area contributed by atoms with Crippen LogP contribution in [0, 0.1) is 0 Å². The molecule has 26 heavy (non-hydrogen) atoms. The first-order chi connectivity index (χ1) is 12.7. The van der Waals surface area contributed by atoms with Gasteiger partial charge in [0.05, 0.1) is 5.56 Å². The molecule has 2 aliphatic heterocycles. The SMILES string of the molecule is O=C(NC1CCCCNC1=O)c1cnc(N2CCc3ccccc32)nc1. The number of carbonyl (C=O) groups excluding carboxylic acids is 2. The van der Waals surface area contributed by atoms with Crippen molar-refractivity contribution in [3.05, 3.63) is 47.8 Å². The summed E-state index contributed by atoms with van der Waals surface area (Å²) in [6, 6.07) is 7.69. The highest BCUT2D eigenvalue weighted by Crippen LogP contribution is 2.31. The van der Waals surface area contributed by atoms with Gasteiger partial charge >= 0.3 is 0 Å². The highest BCUT2D eigenvalue weighted by Gasteiger charge is 2.24. The summed E-state index contributed by atoms with van der Waals surface area (Å²) >= 11 is 0. The van der Waals surface area contributed by atoms with E-state index in [1.54, 1.807) is 0 Å². The summed E-state index contributed by atoms with van der Waals surface area (Å²) in [6.45, 7) is 1.49. The number of nitrogens with one attached hydrogen (secondary N) is 2. The molecule has 1 fully saturated rings. The van der Waals surface area contributed by atoms with Crippen molar-refractivity contribution >= 4 is 23.5 Å². The van der Waals surface area contributed by atoms with Gasteiger partial charge in [-0.05, 0) is 37.3 Å². The molecular weight excluding hydrogens is 330 g/mol. The average Bonchev–Trinajstić information content (AvgIpc) is 3.00. The van der Waals surface area contributed by atoms with Gasteiger partial charge in [0, 0.05) is 31.2 Å². The molecular formula is C19H21N5O2. The topological polar surface area (TPSA) is 87.2 Å².